The van der Waals surface area contributed by atoms with Crippen LogP contribution in [0.5, 0.6) is 0 Å². The molecule has 11 heteroatoms. The zero-order valence-electron chi connectivity index (χ0n) is 24.5. The van der Waals surface area contributed by atoms with E-state index in [9.17, 15) is 4.79 Å². The van der Waals surface area contributed by atoms with Crippen LogP contribution < -0.4 is 21.0 Å². The van der Waals surface area contributed by atoms with Crippen LogP contribution in [0.25, 0.3) is 11.5 Å². The number of rotatable bonds is 9. The number of nitrogens with one attached hydrogen (secondary N) is 2. The van der Waals surface area contributed by atoms with Crippen molar-refractivity contribution < 1.29 is 9.22 Å². The number of aromatic nitrogens is 5. The van der Waals surface area contributed by atoms with Crippen LogP contribution in [-0.2, 0) is 4.43 Å². The lowest BCUT2D eigenvalue weighted by atomic mass is 10.2. The molecule has 5 rings (SSSR count). The number of amides is 2. The van der Waals surface area contributed by atoms with Crippen LogP contribution in [0.4, 0.5) is 16.4 Å². The number of halogens is 1. The molecule has 3 heterocycles. The third-order valence-electron chi connectivity index (χ3n) is 7.19. The summed E-state index contributed by atoms with van der Waals surface area (Å²) >= 11 is 3.38. The Balaban J connectivity index is 1.38. The van der Waals surface area contributed by atoms with Gasteiger partial charge in [-0.1, -0.05) is 103 Å². The van der Waals surface area contributed by atoms with E-state index in [-0.39, 0.29) is 11.1 Å². The Hall–Kier alpha value is -4.19. The summed E-state index contributed by atoms with van der Waals surface area (Å²) in [7, 11) is -2.72. The van der Waals surface area contributed by atoms with Crippen molar-refractivity contribution in [3.05, 3.63) is 108 Å². The summed E-state index contributed by atoms with van der Waals surface area (Å²) < 4.78 is 9.93. The second-order valence-corrected chi connectivity index (χ2v) is 16.5. The van der Waals surface area contributed by atoms with Crippen molar-refractivity contribution in [1.29, 1.82) is 0 Å². The van der Waals surface area contributed by atoms with Crippen LogP contribution in [0.1, 0.15) is 33.7 Å². The molecule has 3 aromatic heterocycles. The molecule has 0 aliphatic rings. The average Bonchev–Trinajstić information content (AvgIpc) is 3.48. The molecular formula is C32H34BrN7O2Si. The molecule has 0 bridgehead atoms. The summed E-state index contributed by atoms with van der Waals surface area (Å²) in [4.78, 5) is 21.4. The fourth-order valence-corrected chi connectivity index (χ4v) is 10.2. The summed E-state index contributed by atoms with van der Waals surface area (Å²) in [5.74, 6) is 1.37. The van der Waals surface area contributed by atoms with E-state index >= 15 is 0 Å². The van der Waals surface area contributed by atoms with Gasteiger partial charge in [-0.2, -0.15) is 0 Å². The predicted molar refractivity (Wildman–Crippen MR) is 176 cm³/mol. The number of hydrogen-bond donors (Lipinski definition) is 2. The highest BCUT2D eigenvalue weighted by Gasteiger charge is 2.50. The minimum absolute atomic E-state index is 0.101. The summed E-state index contributed by atoms with van der Waals surface area (Å²) in [5, 5.41) is 16.4. The Kier molecular flexibility index (Phi) is 9.14. The number of carbonyl (C=O) groups excluding carboxylic acids is 1. The second kappa shape index (κ2) is 13.0. The number of carbonyl (C=O) groups is 1. The molecule has 2 N–H and O–H groups in total. The van der Waals surface area contributed by atoms with E-state index in [4.69, 9.17) is 4.43 Å². The summed E-state index contributed by atoms with van der Waals surface area (Å²) in [6.07, 6.45) is 3.30. The van der Waals surface area contributed by atoms with Gasteiger partial charge in [0.15, 0.2) is 5.82 Å². The molecule has 0 aliphatic heterocycles. The maximum absolute atomic E-state index is 12.6. The van der Waals surface area contributed by atoms with Gasteiger partial charge in [-0.3, -0.25) is 10.6 Å². The zero-order valence-corrected chi connectivity index (χ0v) is 27.1. The molecule has 2 amide bonds. The van der Waals surface area contributed by atoms with Crippen molar-refractivity contribution >= 4 is 52.3 Å². The number of nitrogens with zero attached hydrogens (tertiary/aromatic N) is 5. The number of anilines is 2. The smallest absolute Gasteiger partial charge is 0.326 e. The van der Waals surface area contributed by atoms with E-state index in [2.05, 4.69) is 123 Å². The molecule has 0 saturated heterocycles. The van der Waals surface area contributed by atoms with E-state index in [1.165, 1.54) is 10.4 Å². The fraction of sp³-hybridized carbons (Fsp3) is 0.219. The number of urea groups is 1. The minimum atomic E-state index is -2.72. The Morgan fingerprint density at radius 3 is 2.21 bits per heavy atom. The molecule has 2 aromatic carbocycles. The van der Waals surface area contributed by atoms with Crippen LogP contribution in [0.2, 0.25) is 5.04 Å². The van der Waals surface area contributed by atoms with Crippen LogP contribution in [0.3, 0.4) is 0 Å². The molecule has 0 unspecified atom stereocenters. The first kappa shape index (κ1) is 30.3. The fourth-order valence-electron chi connectivity index (χ4n) is 5.20. The van der Waals surface area contributed by atoms with Crippen molar-refractivity contribution in [3.63, 3.8) is 0 Å². The molecule has 0 aliphatic carbocycles. The van der Waals surface area contributed by atoms with Gasteiger partial charge in [0.2, 0.25) is 0 Å². The van der Waals surface area contributed by atoms with Crippen molar-refractivity contribution in [2.45, 2.75) is 38.8 Å². The third-order valence-corrected chi connectivity index (χ3v) is 12.7. The number of hydrogen-bond acceptors (Lipinski definition) is 6. The maximum Gasteiger partial charge on any atom is 0.326 e. The molecule has 1 atom stereocenters. The Bertz CT molecular complexity index is 1640. The largest absolute Gasteiger partial charge is 0.405 e. The van der Waals surface area contributed by atoms with Crippen LogP contribution in [-0.4, -0.2) is 45.7 Å². The molecule has 0 radical (unpaired) electrons. The molecule has 9 nitrogen and oxygen atoms in total. The van der Waals surface area contributed by atoms with Crippen molar-refractivity contribution in [2.75, 3.05) is 17.2 Å². The van der Waals surface area contributed by atoms with Gasteiger partial charge >= 0.3 is 6.03 Å². The molecule has 43 heavy (non-hydrogen) atoms. The van der Waals surface area contributed by atoms with E-state index in [0.29, 0.717) is 29.8 Å². The van der Waals surface area contributed by atoms with Gasteiger partial charge in [0.25, 0.3) is 8.32 Å². The first-order valence-electron chi connectivity index (χ1n) is 14.0. The van der Waals surface area contributed by atoms with Crippen molar-refractivity contribution in [1.82, 2.24) is 24.7 Å². The quantitative estimate of drug-likeness (QED) is 0.181. The van der Waals surface area contributed by atoms with E-state index < -0.39 is 14.3 Å². The molecule has 0 fully saturated rings. The average molecular weight is 657 g/mol. The Labute approximate surface area is 261 Å². The van der Waals surface area contributed by atoms with Crippen LogP contribution in [0.15, 0.2) is 108 Å². The number of benzene rings is 2. The van der Waals surface area contributed by atoms with Gasteiger partial charge in [0.1, 0.15) is 23.7 Å². The SMILES string of the molecule is C[C@H](CO[Si](c1ccccc1)(c1ccccc1)C(C)(C)C)n1cnnc1-c1cccc(NC(=O)Nc2cc(Br)ccn2)n1. The van der Waals surface area contributed by atoms with Gasteiger partial charge in [-0.25, -0.2) is 14.8 Å². The Morgan fingerprint density at radius 2 is 1.58 bits per heavy atom. The summed E-state index contributed by atoms with van der Waals surface area (Å²) in [5.41, 5.74) is 0.577. The molecule has 220 valence electrons. The molecular weight excluding hydrogens is 622 g/mol. The van der Waals surface area contributed by atoms with Crippen molar-refractivity contribution in [2.24, 2.45) is 0 Å². The van der Waals surface area contributed by atoms with Gasteiger partial charge in [-0.15, -0.1) is 10.2 Å². The normalized spacial score (nSPS) is 12.5. The maximum atomic E-state index is 12.6. The van der Waals surface area contributed by atoms with Gasteiger partial charge in [0.05, 0.1) is 12.6 Å². The minimum Gasteiger partial charge on any atom is -0.405 e. The lowest BCUT2D eigenvalue weighted by molar-refractivity contribution is 0.246. The zero-order chi connectivity index (χ0) is 30.5. The standard InChI is InChI=1S/C32H34BrN7O2Si/c1-23(21-42-43(32(2,3)4,25-12-7-5-8-13-25)26-14-9-6-10-15-26)40-22-35-39-30(40)27-16-11-17-28(36-27)37-31(41)38-29-20-24(33)18-19-34-29/h5-20,22-23H,21H2,1-4H3,(H2,34,36,37,38,41)/t23-/m1/s1. The highest BCUT2D eigenvalue weighted by atomic mass is 79.9. The first-order valence-corrected chi connectivity index (χ1v) is 16.7. The first-order chi connectivity index (χ1) is 20.7. The van der Waals surface area contributed by atoms with E-state index in [1.54, 1.807) is 30.7 Å². The van der Waals surface area contributed by atoms with E-state index in [1.807, 2.05) is 28.8 Å². The predicted octanol–water partition coefficient (Wildman–Crippen LogP) is 6.28. The van der Waals surface area contributed by atoms with Crippen LogP contribution >= 0.6 is 15.9 Å². The lowest BCUT2D eigenvalue weighted by Crippen LogP contribution is -2.66. The molecule has 5 aromatic rings. The van der Waals surface area contributed by atoms with Gasteiger partial charge < -0.3 is 8.99 Å². The summed E-state index contributed by atoms with van der Waals surface area (Å²) in [6, 6.07) is 29.5. The van der Waals surface area contributed by atoms with E-state index in [0.717, 1.165) is 4.47 Å². The molecule has 0 spiro atoms. The monoisotopic (exact) mass is 655 g/mol. The topological polar surface area (TPSA) is 107 Å². The molecule has 0 saturated carbocycles. The summed E-state index contributed by atoms with van der Waals surface area (Å²) in [6.45, 7) is 9.32. The van der Waals surface area contributed by atoms with Crippen molar-refractivity contribution in [3.8, 4) is 11.5 Å². The van der Waals surface area contributed by atoms with Gasteiger partial charge in [0, 0.05) is 10.7 Å². The second-order valence-electron chi connectivity index (χ2n) is 11.2. The van der Waals surface area contributed by atoms with Gasteiger partial charge in [-0.05, 0) is 46.6 Å². The lowest BCUT2D eigenvalue weighted by Gasteiger charge is -2.43. The highest BCUT2D eigenvalue weighted by molar-refractivity contribution is 9.10. The van der Waals surface area contributed by atoms with Crippen LogP contribution in [0, 0.1) is 0 Å². The highest BCUT2D eigenvalue weighted by Crippen LogP contribution is 2.37. The third kappa shape index (κ3) is 6.74. The Morgan fingerprint density at radius 1 is 0.930 bits per heavy atom. The number of pyridine rings is 2.